The summed E-state index contributed by atoms with van der Waals surface area (Å²) in [5, 5.41) is 0. The molecule has 1 aliphatic carbocycles. The van der Waals surface area contributed by atoms with E-state index < -0.39 is 0 Å². The van der Waals surface area contributed by atoms with Crippen LogP contribution < -0.4 is 0 Å². The first-order valence-electron chi connectivity index (χ1n) is 7.84. The summed E-state index contributed by atoms with van der Waals surface area (Å²) in [6, 6.07) is 0.334. The summed E-state index contributed by atoms with van der Waals surface area (Å²) in [5.74, 6) is -0.149. The molecule has 1 saturated carbocycles. The minimum Gasteiger partial charge on any atom is -0.366 e. The third-order valence-electron chi connectivity index (χ3n) is 3.94. The van der Waals surface area contributed by atoms with Gasteiger partial charge in [-0.25, -0.2) is 0 Å². The van der Waals surface area contributed by atoms with Gasteiger partial charge in [-0.3, -0.25) is 9.59 Å². The number of likely N-dealkylation sites (N-methyl/N-ethyl adjacent to an activating group) is 2. The van der Waals surface area contributed by atoms with Crippen LogP contribution in [0.4, 0.5) is 0 Å². The Bertz CT molecular complexity index is 357. The van der Waals surface area contributed by atoms with Crippen molar-refractivity contribution in [3.05, 3.63) is 0 Å². The zero-order valence-corrected chi connectivity index (χ0v) is 14.1. The minimum atomic E-state index is -0.348. The maximum absolute atomic E-state index is 12.2. The zero-order chi connectivity index (χ0) is 16.0. The Kier molecular flexibility index (Phi) is 6.65. The van der Waals surface area contributed by atoms with E-state index in [-0.39, 0.29) is 30.6 Å². The van der Waals surface area contributed by atoms with Crippen molar-refractivity contribution in [3.8, 4) is 0 Å². The van der Waals surface area contributed by atoms with Gasteiger partial charge in [0, 0.05) is 20.1 Å². The van der Waals surface area contributed by atoms with Crippen molar-refractivity contribution in [1.82, 2.24) is 9.80 Å². The van der Waals surface area contributed by atoms with Gasteiger partial charge >= 0.3 is 0 Å². The molecule has 0 aliphatic heterocycles. The van der Waals surface area contributed by atoms with E-state index in [0.29, 0.717) is 6.04 Å². The number of hydrogen-bond acceptors (Lipinski definition) is 3. The van der Waals surface area contributed by atoms with Gasteiger partial charge in [0.25, 0.3) is 0 Å². The quantitative estimate of drug-likeness (QED) is 0.780. The van der Waals surface area contributed by atoms with Crippen LogP contribution in [0.1, 0.15) is 52.9 Å². The van der Waals surface area contributed by atoms with Crippen LogP contribution in [0.25, 0.3) is 0 Å². The molecule has 0 spiro atoms. The molecular weight excluding hydrogens is 268 g/mol. The lowest BCUT2D eigenvalue weighted by Gasteiger charge is -2.32. The fraction of sp³-hybridized carbons (Fsp3) is 0.875. The zero-order valence-electron chi connectivity index (χ0n) is 14.1. The second-order valence-electron chi connectivity index (χ2n) is 6.95. The summed E-state index contributed by atoms with van der Waals surface area (Å²) < 4.78 is 5.45. The maximum Gasteiger partial charge on any atom is 0.248 e. The third kappa shape index (κ3) is 6.46. The summed E-state index contributed by atoms with van der Waals surface area (Å²) in [5.41, 5.74) is -0.348. The first kappa shape index (κ1) is 18.0. The van der Waals surface area contributed by atoms with Crippen LogP contribution in [-0.2, 0) is 14.3 Å². The van der Waals surface area contributed by atoms with Crippen LogP contribution in [0.3, 0.4) is 0 Å². The maximum atomic E-state index is 12.2. The highest BCUT2D eigenvalue weighted by atomic mass is 16.5. The number of hydrogen-bond donors (Lipinski definition) is 0. The number of ether oxygens (including phenoxy) is 1. The van der Waals surface area contributed by atoms with E-state index in [0.717, 1.165) is 12.8 Å². The molecule has 0 N–H and O–H groups in total. The largest absolute Gasteiger partial charge is 0.366 e. The molecule has 0 aromatic carbocycles. The third-order valence-corrected chi connectivity index (χ3v) is 3.94. The van der Waals surface area contributed by atoms with Gasteiger partial charge in [-0.1, -0.05) is 19.3 Å². The molecule has 0 radical (unpaired) electrons. The standard InChI is InChI=1S/C16H30N2O3/c1-16(2,3)21-12-15(20)17(4)11-14(19)18(5)13-9-7-6-8-10-13/h13H,6-12H2,1-5H3. The predicted octanol–water partition coefficient (Wildman–Crippen LogP) is 2.05. The first-order chi connectivity index (χ1) is 9.70. The summed E-state index contributed by atoms with van der Waals surface area (Å²) >= 11 is 0. The molecule has 122 valence electrons. The van der Waals surface area contributed by atoms with E-state index >= 15 is 0 Å². The number of carbonyl (C=O) groups is 2. The normalized spacial score (nSPS) is 16.6. The molecule has 0 unspecified atom stereocenters. The first-order valence-corrected chi connectivity index (χ1v) is 7.84. The van der Waals surface area contributed by atoms with E-state index in [2.05, 4.69) is 0 Å². The lowest BCUT2D eigenvalue weighted by molar-refractivity contribution is -0.145. The number of rotatable bonds is 5. The Balaban J connectivity index is 2.39. The second kappa shape index (κ2) is 7.78. The highest BCUT2D eigenvalue weighted by Gasteiger charge is 2.24. The molecule has 5 heteroatoms. The Morgan fingerprint density at radius 2 is 1.62 bits per heavy atom. The summed E-state index contributed by atoms with van der Waals surface area (Å²) in [4.78, 5) is 27.5. The van der Waals surface area contributed by atoms with Crippen molar-refractivity contribution in [2.24, 2.45) is 0 Å². The van der Waals surface area contributed by atoms with Crippen LogP contribution in [0, 0.1) is 0 Å². The average Bonchev–Trinajstić information content (AvgIpc) is 2.43. The van der Waals surface area contributed by atoms with Crippen molar-refractivity contribution in [3.63, 3.8) is 0 Å². The van der Waals surface area contributed by atoms with E-state index in [1.807, 2.05) is 32.7 Å². The number of amides is 2. The molecule has 0 saturated heterocycles. The summed E-state index contributed by atoms with van der Waals surface area (Å²) in [6.07, 6.45) is 5.80. The van der Waals surface area contributed by atoms with Gasteiger partial charge in [-0.15, -0.1) is 0 Å². The van der Waals surface area contributed by atoms with Gasteiger partial charge in [-0.05, 0) is 33.6 Å². The molecule has 5 nitrogen and oxygen atoms in total. The minimum absolute atomic E-state index is 0.00788. The van der Waals surface area contributed by atoms with Gasteiger partial charge < -0.3 is 14.5 Å². The molecule has 1 fully saturated rings. The molecule has 0 atom stereocenters. The number of nitrogens with zero attached hydrogens (tertiary/aromatic N) is 2. The average molecular weight is 298 g/mol. The van der Waals surface area contributed by atoms with Gasteiger partial charge in [0.1, 0.15) is 6.61 Å². The molecule has 0 aromatic heterocycles. The van der Waals surface area contributed by atoms with Crippen LogP contribution in [0.15, 0.2) is 0 Å². The molecule has 1 aliphatic rings. The number of carbonyl (C=O) groups excluding carboxylic acids is 2. The lowest BCUT2D eigenvalue weighted by atomic mass is 9.94. The van der Waals surface area contributed by atoms with Gasteiger partial charge in [-0.2, -0.15) is 0 Å². The monoisotopic (exact) mass is 298 g/mol. The molecule has 1 rings (SSSR count). The van der Waals surface area contributed by atoms with E-state index in [1.54, 1.807) is 7.05 Å². The molecular formula is C16H30N2O3. The van der Waals surface area contributed by atoms with Gasteiger partial charge in [0.2, 0.25) is 11.8 Å². The topological polar surface area (TPSA) is 49.9 Å². The predicted molar refractivity (Wildman–Crippen MR) is 83.0 cm³/mol. The van der Waals surface area contributed by atoms with Crippen LogP contribution in [0.5, 0.6) is 0 Å². The molecule has 2 amide bonds. The second-order valence-corrected chi connectivity index (χ2v) is 6.95. The molecule has 0 aromatic rings. The van der Waals surface area contributed by atoms with E-state index in [1.165, 1.54) is 24.2 Å². The lowest BCUT2D eigenvalue weighted by Crippen LogP contribution is -2.45. The Hall–Kier alpha value is -1.10. The van der Waals surface area contributed by atoms with Crippen molar-refractivity contribution in [2.45, 2.75) is 64.5 Å². The Morgan fingerprint density at radius 1 is 1.05 bits per heavy atom. The van der Waals surface area contributed by atoms with Crippen molar-refractivity contribution < 1.29 is 14.3 Å². The van der Waals surface area contributed by atoms with Gasteiger partial charge in [0.05, 0.1) is 12.1 Å². The summed E-state index contributed by atoms with van der Waals surface area (Å²) in [7, 11) is 3.50. The van der Waals surface area contributed by atoms with Crippen LogP contribution in [-0.4, -0.2) is 60.5 Å². The smallest absolute Gasteiger partial charge is 0.248 e. The highest BCUT2D eigenvalue weighted by molar-refractivity contribution is 5.85. The fourth-order valence-electron chi connectivity index (χ4n) is 2.46. The molecule has 0 bridgehead atoms. The SMILES string of the molecule is CN(CC(=O)N(C)C1CCCCC1)C(=O)COC(C)(C)C. The van der Waals surface area contributed by atoms with Crippen LogP contribution in [0.2, 0.25) is 0 Å². The van der Waals surface area contributed by atoms with Crippen molar-refractivity contribution >= 4 is 11.8 Å². The van der Waals surface area contributed by atoms with E-state index in [4.69, 9.17) is 4.74 Å². The molecule has 0 heterocycles. The molecule has 21 heavy (non-hydrogen) atoms. The Labute approximate surface area is 128 Å². The highest BCUT2D eigenvalue weighted by Crippen LogP contribution is 2.21. The van der Waals surface area contributed by atoms with Crippen molar-refractivity contribution in [2.75, 3.05) is 27.2 Å². The Morgan fingerprint density at radius 3 is 2.14 bits per heavy atom. The summed E-state index contributed by atoms with van der Waals surface area (Å²) in [6.45, 7) is 5.85. The van der Waals surface area contributed by atoms with Crippen molar-refractivity contribution in [1.29, 1.82) is 0 Å². The van der Waals surface area contributed by atoms with Gasteiger partial charge in [0.15, 0.2) is 0 Å². The van der Waals surface area contributed by atoms with E-state index in [9.17, 15) is 9.59 Å². The fourth-order valence-corrected chi connectivity index (χ4v) is 2.46. The van der Waals surface area contributed by atoms with Crippen LogP contribution >= 0.6 is 0 Å².